The number of aromatic nitrogens is 2. The van der Waals surface area contributed by atoms with Gasteiger partial charge in [0.15, 0.2) is 0 Å². The van der Waals surface area contributed by atoms with Gasteiger partial charge in [-0.2, -0.15) is 10.2 Å². The molecule has 24 heavy (non-hydrogen) atoms. The summed E-state index contributed by atoms with van der Waals surface area (Å²) in [5, 5.41) is 13.1. The van der Waals surface area contributed by atoms with E-state index in [0.29, 0.717) is 5.92 Å². The Hall–Kier alpha value is -0.960. The van der Waals surface area contributed by atoms with Gasteiger partial charge in [-0.3, -0.25) is 0 Å². The molecule has 0 radical (unpaired) electrons. The lowest BCUT2D eigenvalue weighted by Gasteiger charge is -2.38. The quantitative estimate of drug-likeness (QED) is 0.800. The second kappa shape index (κ2) is 6.40. The summed E-state index contributed by atoms with van der Waals surface area (Å²) < 4.78 is 0. The predicted octanol–water partition coefficient (Wildman–Crippen LogP) is 4.84. The molecule has 0 amide bonds. The molecule has 0 atom stereocenters. The Bertz CT molecular complexity index is 577. The number of hydrogen-bond donors (Lipinski definition) is 1. The van der Waals surface area contributed by atoms with Crippen molar-refractivity contribution >= 4 is 0 Å². The van der Waals surface area contributed by atoms with Crippen LogP contribution in [-0.2, 0) is 16.2 Å². The maximum Gasteiger partial charge on any atom is 0.0724 e. The van der Waals surface area contributed by atoms with E-state index in [4.69, 9.17) is 10.2 Å². The highest BCUT2D eigenvalue weighted by Crippen LogP contribution is 2.43. The molecule has 0 spiro atoms. The molecule has 136 valence electrons. The van der Waals surface area contributed by atoms with Gasteiger partial charge in [0.2, 0.25) is 0 Å². The van der Waals surface area contributed by atoms with E-state index in [1.54, 1.807) is 0 Å². The molecule has 2 rings (SSSR count). The van der Waals surface area contributed by atoms with Gasteiger partial charge in [0.05, 0.1) is 11.4 Å². The van der Waals surface area contributed by atoms with Crippen LogP contribution in [0.4, 0.5) is 0 Å². The molecule has 0 bridgehead atoms. The first kappa shape index (κ1) is 19.4. The van der Waals surface area contributed by atoms with Gasteiger partial charge in [0.1, 0.15) is 0 Å². The second-order valence-electron chi connectivity index (χ2n) is 10.5. The predicted molar refractivity (Wildman–Crippen MR) is 103 cm³/mol. The summed E-state index contributed by atoms with van der Waals surface area (Å²) in [4.78, 5) is 0. The van der Waals surface area contributed by atoms with Crippen LogP contribution in [0.5, 0.6) is 0 Å². The Labute approximate surface area is 149 Å². The smallest absolute Gasteiger partial charge is 0.0724 e. The molecule has 0 aromatic carbocycles. The van der Waals surface area contributed by atoms with Crippen molar-refractivity contribution < 1.29 is 0 Å². The maximum absolute atomic E-state index is 4.83. The molecule has 1 saturated heterocycles. The molecule has 1 aliphatic heterocycles. The standard InChI is InChI=1S/C21H37N3/c1-19(2,3)15-16(20(4,5)6)18(21(7,8)9)24-23-17(15)14-10-12-22-13-11-14/h14,22H,10-13H2,1-9H3. The van der Waals surface area contributed by atoms with E-state index in [2.05, 4.69) is 67.6 Å². The minimum Gasteiger partial charge on any atom is -0.317 e. The molecule has 1 aromatic rings. The van der Waals surface area contributed by atoms with Gasteiger partial charge in [-0.1, -0.05) is 62.3 Å². The molecule has 2 heterocycles. The zero-order chi connectivity index (χ0) is 18.3. The SMILES string of the molecule is CC(C)(C)c1nnc(C2CCNCC2)c(C(C)(C)C)c1C(C)(C)C. The monoisotopic (exact) mass is 331 g/mol. The summed E-state index contributed by atoms with van der Waals surface area (Å²) in [5.74, 6) is 0.531. The highest BCUT2D eigenvalue weighted by molar-refractivity contribution is 5.46. The van der Waals surface area contributed by atoms with Crippen LogP contribution >= 0.6 is 0 Å². The lowest BCUT2D eigenvalue weighted by molar-refractivity contribution is 0.421. The van der Waals surface area contributed by atoms with Crippen molar-refractivity contribution in [3.8, 4) is 0 Å². The minimum atomic E-state index is 0.00225. The van der Waals surface area contributed by atoms with Crippen LogP contribution < -0.4 is 5.32 Å². The summed E-state index contributed by atoms with van der Waals surface area (Å²) >= 11 is 0. The third-order valence-electron chi connectivity index (χ3n) is 4.94. The Kier molecular flexibility index (Phi) is 5.17. The average molecular weight is 332 g/mol. The van der Waals surface area contributed by atoms with Gasteiger partial charge >= 0.3 is 0 Å². The molecular weight excluding hydrogens is 294 g/mol. The van der Waals surface area contributed by atoms with Crippen LogP contribution in [0, 0.1) is 0 Å². The first-order chi connectivity index (χ1) is 10.8. The van der Waals surface area contributed by atoms with Crippen molar-refractivity contribution in [1.82, 2.24) is 15.5 Å². The van der Waals surface area contributed by atoms with Gasteiger partial charge in [-0.15, -0.1) is 0 Å². The van der Waals surface area contributed by atoms with Crippen LogP contribution in [0.25, 0.3) is 0 Å². The summed E-state index contributed by atoms with van der Waals surface area (Å²) in [6.45, 7) is 22.9. The molecule has 1 fully saturated rings. The molecule has 1 aliphatic rings. The molecular formula is C21H37N3. The molecule has 3 nitrogen and oxygen atoms in total. The van der Waals surface area contributed by atoms with Crippen molar-refractivity contribution in [1.29, 1.82) is 0 Å². The van der Waals surface area contributed by atoms with Gasteiger partial charge in [0.25, 0.3) is 0 Å². The van der Waals surface area contributed by atoms with Crippen molar-refractivity contribution in [2.75, 3.05) is 13.1 Å². The average Bonchev–Trinajstić information content (AvgIpc) is 2.44. The van der Waals surface area contributed by atoms with Gasteiger partial charge in [-0.25, -0.2) is 0 Å². The minimum absolute atomic E-state index is 0.00225. The number of nitrogens with one attached hydrogen (secondary N) is 1. The maximum atomic E-state index is 4.83. The van der Waals surface area contributed by atoms with Crippen LogP contribution in [-0.4, -0.2) is 23.3 Å². The second-order valence-corrected chi connectivity index (χ2v) is 10.5. The first-order valence-corrected chi connectivity index (χ1v) is 9.46. The van der Waals surface area contributed by atoms with Gasteiger partial charge in [-0.05, 0) is 47.9 Å². The molecule has 3 heteroatoms. The fraction of sp³-hybridized carbons (Fsp3) is 0.810. The lowest BCUT2D eigenvalue weighted by atomic mass is 9.69. The Balaban J connectivity index is 2.79. The number of nitrogens with zero attached hydrogens (tertiary/aromatic N) is 2. The largest absolute Gasteiger partial charge is 0.317 e. The van der Waals surface area contributed by atoms with Crippen molar-refractivity contribution in [3.63, 3.8) is 0 Å². The van der Waals surface area contributed by atoms with E-state index in [9.17, 15) is 0 Å². The normalized spacial score (nSPS) is 18.0. The van der Waals surface area contributed by atoms with E-state index in [-0.39, 0.29) is 16.2 Å². The third kappa shape index (κ3) is 3.99. The summed E-state index contributed by atoms with van der Waals surface area (Å²) in [6.07, 6.45) is 2.33. The molecule has 1 N–H and O–H groups in total. The fourth-order valence-electron chi connectivity index (χ4n) is 3.85. The van der Waals surface area contributed by atoms with E-state index in [0.717, 1.165) is 31.6 Å². The number of hydrogen-bond acceptors (Lipinski definition) is 3. The highest BCUT2D eigenvalue weighted by Gasteiger charge is 2.37. The van der Waals surface area contributed by atoms with E-state index >= 15 is 0 Å². The number of piperidine rings is 1. The molecule has 1 aromatic heterocycles. The van der Waals surface area contributed by atoms with Crippen molar-refractivity contribution in [2.24, 2.45) is 0 Å². The van der Waals surface area contributed by atoms with E-state index in [1.807, 2.05) is 0 Å². The summed E-state index contributed by atoms with van der Waals surface area (Å²) in [7, 11) is 0. The summed E-state index contributed by atoms with van der Waals surface area (Å²) in [6, 6.07) is 0. The van der Waals surface area contributed by atoms with Crippen molar-refractivity contribution in [3.05, 3.63) is 22.5 Å². The Morgan fingerprint density at radius 2 is 1.21 bits per heavy atom. The Morgan fingerprint density at radius 1 is 0.708 bits per heavy atom. The van der Waals surface area contributed by atoms with E-state index in [1.165, 1.54) is 16.8 Å². The molecule has 0 unspecified atom stereocenters. The van der Waals surface area contributed by atoms with E-state index < -0.39 is 0 Å². The van der Waals surface area contributed by atoms with Gasteiger partial charge in [0, 0.05) is 11.3 Å². The Morgan fingerprint density at radius 3 is 1.62 bits per heavy atom. The third-order valence-corrected chi connectivity index (χ3v) is 4.94. The zero-order valence-corrected chi connectivity index (χ0v) is 17.3. The van der Waals surface area contributed by atoms with Crippen LogP contribution in [0.3, 0.4) is 0 Å². The summed E-state index contributed by atoms with van der Waals surface area (Å²) in [5.41, 5.74) is 5.41. The highest BCUT2D eigenvalue weighted by atomic mass is 15.1. The topological polar surface area (TPSA) is 37.8 Å². The first-order valence-electron chi connectivity index (χ1n) is 9.46. The van der Waals surface area contributed by atoms with Crippen LogP contribution in [0.1, 0.15) is 104 Å². The lowest BCUT2D eigenvalue weighted by Crippen LogP contribution is -2.34. The molecule has 0 saturated carbocycles. The number of rotatable bonds is 1. The fourth-order valence-corrected chi connectivity index (χ4v) is 3.85. The van der Waals surface area contributed by atoms with Gasteiger partial charge < -0.3 is 5.32 Å². The molecule has 0 aliphatic carbocycles. The zero-order valence-electron chi connectivity index (χ0n) is 17.3. The van der Waals surface area contributed by atoms with Crippen molar-refractivity contribution in [2.45, 2.75) is 97.3 Å². The van der Waals surface area contributed by atoms with Crippen LogP contribution in [0.2, 0.25) is 0 Å². The van der Waals surface area contributed by atoms with Crippen LogP contribution in [0.15, 0.2) is 0 Å².